The maximum absolute atomic E-state index is 12.0. The standard InChI is InChI=1S/C20H20ClN3O3/c21-17-7-6-16(13-22)18(12-17)24-20(27)19(26)23-10-8-15(9-11-25)14-4-2-1-3-5-14/h1-7,12,15,25H,8-11H2,(H,23,26)(H,24,27). The number of aliphatic hydroxyl groups is 1. The summed E-state index contributed by atoms with van der Waals surface area (Å²) in [7, 11) is 0. The lowest BCUT2D eigenvalue weighted by atomic mass is 9.93. The topological polar surface area (TPSA) is 102 Å². The lowest BCUT2D eigenvalue weighted by molar-refractivity contribution is -0.136. The van der Waals surface area contributed by atoms with Crippen molar-refractivity contribution in [3.05, 3.63) is 64.7 Å². The number of hydrogen-bond acceptors (Lipinski definition) is 4. The second-order valence-electron chi connectivity index (χ2n) is 5.92. The molecule has 0 saturated carbocycles. The van der Waals surface area contributed by atoms with E-state index in [0.29, 0.717) is 17.9 Å². The van der Waals surface area contributed by atoms with Crippen molar-refractivity contribution < 1.29 is 14.7 Å². The van der Waals surface area contributed by atoms with Gasteiger partial charge in [-0.2, -0.15) is 5.26 Å². The van der Waals surface area contributed by atoms with Crippen LogP contribution in [0.25, 0.3) is 0 Å². The van der Waals surface area contributed by atoms with Crippen LogP contribution in [0, 0.1) is 11.3 Å². The van der Waals surface area contributed by atoms with Gasteiger partial charge in [0.15, 0.2) is 0 Å². The highest BCUT2D eigenvalue weighted by molar-refractivity contribution is 6.40. The minimum absolute atomic E-state index is 0.0414. The molecule has 1 atom stereocenters. The Morgan fingerprint density at radius 3 is 2.52 bits per heavy atom. The Hall–Kier alpha value is -2.88. The average molecular weight is 386 g/mol. The molecule has 0 aliphatic heterocycles. The number of aliphatic hydroxyl groups excluding tert-OH is 1. The van der Waals surface area contributed by atoms with Crippen molar-refractivity contribution >= 4 is 29.1 Å². The first-order valence-corrected chi connectivity index (χ1v) is 8.87. The van der Waals surface area contributed by atoms with Crippen LogP contribution in [0.3, 0.4) is 0 Å². The lowest BCUT2D eigenvalue weighted by Gasteiger charge is -2.16. The molecular formula is C20H20ClN3O3. The van der Waals surface area contributed by atoms with Crippen LogP contribution in [0.2, 0.25) is 5.02 Å². The van der Waals surface area contributed by atoms with Crippen LogP contribution in [0.4, 0.5) is 5.69 Å². The molecule has 0 fully saturated rings. The first kappa shape index (κ1) is 20.4. The number of halogens is 1. The van der Waals surface area contributed by atoms with Crippen molar-refractivity contribution in [3.63, 3.8) is 0 Å². The van der Waals surface area contributed by atoms with E-state index in [-0.39, 0.29) is 30.3 Å². The smallest absolute Gasteiger partial charge is 0.313 e. The molecule has 0 bridgehead atoms. The van der Waals surface area contributed by atoms with Gasteiger partial charge in [0, 0.05) is 18.2 Å². The maximum Gasteiger partial charge on any atom is 0.313 e. The SMILES string of the molecule is N#Cc1ccc(Cl)cc1NC(=O)C(=O)NCCC(CCO)c1ccccc1. The van der Waals surface area contributed by atoms with Crippen LogP contribution in [-0.2, 0) is 9.59 Å². The van der Waals surface area contributed by atoms with Gasteiger partial charge >= 0.3 is 11.8 Å². The highest BCUT2D eigenvalue weighted by Gasteiger charge is 2.17. The minimum atomic E-state index is -0.868. The van der Waals surface area contributed by atoms with Crippen molar-refractivity contribution in [2.75, 3.05) is 18.5 Å². The number of anilines is 1. The molecule has 0 saturated heterocycles. The fourth-order valence-corrected chi connectivity index (χ4v) is 2.87. The molecule has 0 aromatic heterocycles. The van der Waals surface area contributed by atoms with E-state index in [0.717, 1.165) is 5.56 Å². The molecular weight excluding hydrogens is 366 g/mol. The summed E-state index contributed by atoms with van der Waals surface area (Å²) in [5.41, 5.74) is 1.48. The summed E-state index contributed by atoms with van der Waals surface area (Å²) >= 11 is 5.86. The third-order valence-corrected chi connectivity index (χ3v) is 4.32. The number of nitrogens with zero attached hydrogens (tertiary/aromatic N) is 1. The zero-order valence-corrected chi connectivity index (χ0v) is 15.4. The van der Waals surface area contributed by atoms with Crippen LogP contribution < -0.4 is 10.6 Å². The normalized spacial score (nSPS) is 11.3. The minimum Gasteiger partial charge on any atom is -0.396 e. The fraction of sp³-hybridized carbons (Fsp3) is 0.250. The van der Waals surface area contributed by atoms with Gasteiger partial charge in [0.05, 0.1) is 11.3 Å². The molecule has 3 N–H and O–H groups in total. The molecule has 7 heteroatoms. The number of benzene rings is 2. The number of amides is 2. The molecule has 2 amide bonds. The number of hydrogen-bond donors (Lipinski definition) is 3. The largest absolute Gasteiger partial charge is 0.396 e. The monoisotopic (exact) mass is 385 g/mol. The number of carbonyl (C=O) groups is 2. The van der Waals surface area contributed by atoms with Gasteiger partial charge in [-0.25, -0.2) is 0 Å². The Kier molecular flexibility index (Phi) is 7.80. The molecule has 0 spiro atoms. The van der Waals surface area contributed by atoms with Gasteiger partial charge in [0.1, 0.15) is 6.07 Å². The van der Waals surface area contributed by atoms with E-state index >= 15 is 0 Å². The van der Waals surface area contributed by atoms with Gasteiger partial charge in [-0.1, -0.05) is 41.9 Å². The van der Waals surface area contributed by atoms with Crippen LogP contribution >= 0.6 is 11.6 Å². The van der Waals surface area contributed by atoms with Crippen LogP contribution in [-0.4, -0.2) is 30.1 Å². The second kappa shape index (κ2) is 10.3. The van der Waals surface area contributed by atoms with Gasteiger partial charge in [-0.3, -0.25) is 9.59 Å². The average Bonchev–Trinajstić information content (AvgIpc) is 2.68. The molecule has 0 radical (unpaired) electrons. The molecule has 0 heterocycles. The first-order chi connectivity index (χ1) is 13.0. The molecule has 27 heavy (non-hydrogen) atoms. The Bertz CT molecular complexity index is 834. The van der Waals surface area contributed by atoms with E-state index in [1.54, 1.807) is 0 Å². The molecule has 0 aliphatic rings. The van der Waals surface area contributed by atoms with E-state index in [2.05, 4.69) is 10.6 Å². The third-order valence-electron chi connectivity index (χ3n) is 4.08. The summed E-state index contributed by atoms with van der Waals surface area (Å²) < 4.78 is 0. The van der Waals surface area contributed by atoms with Gasteiger partial charge in [0.25, 0.3) is 0 Å². The summed E-state index contributed by atoms with van der Waals surface area (Å²) in [5.74, 6) is -1.58. The predicted molar refractivity (Wildman–Crippen MR) is 103 cm³/mol. The predicted octanol–water partition coefficient (Wildman–Crippen LogP) is 2.82. The highest BCUT2D eigenvalue weighted by Crippen LogP contribution is 2.22. The van der Waals surface area contributed by atoms with Crippen LogP contribution in [0.5, 0.6) is 0 Å². The van der Waals surface area contributed by atoms with Gasteiger partial charge in [-0.15, -0.1) is 0 Å². The Morgan fingerprint density at radius 1 is 1.11 bits per heavy atom. The van der Waals surface area contributed by atoms with Crippen molar-refractivity contribution in [1.29, 1.82) is 5.26 Å². The van der Waals surface area contributed by atoms with Crippen molar-refractivity contribution in [2.45, 2.75) is 18.8 Å². The van der Waals surface area contributed by atoms with Crippen molar-refractivity contribution in [3.8, 4) is 6.07 Å². The Morgan fingerprint density at radius 2 is 1.85 bits per heavy atom. The molecule has 2 rings (SSSR count). The summed E-state index contributed by atoms with van der Waals surface area (Å²) in [6.45, 7) is 0.326. The zero-order valence-electron chi connectivity index (χ0n) is 14.6. The van der Waals surface area contributed by atoms with E-state index in [4.69, 9.17) is 16.9 Å². The third kappa shape index (κ3) is 6.10. The van der Waals surface area contributed by atoms with E-state index in [1.807, 2.05) is 36.4 Å². The first-order valence-electron chi connectivity index (χ1n) is 8.49. The number of carbonyl (C=O) groups excluding carboxylic acids is 2. The van der Waals surface area contributed by atoms with Crippen LogP contribution in [0.1, 0.15) is 29.9 Å². The van der Waals surface area contributed by atoms with E-state index < -0.39 is 11.8 Å². The van der Waals surface area contributed by atoms with Crippen LogP contribution in [0.15, 0.2) is 48.5 Å². The molecule has 1 unspecified atom stereocenters. The summed E-state index contributed by atoms with van der Waals surface area (Å²) in [5, 5.41) is 23.6. The highest BCUT2D eigenvalue weighted by atomic mass is 35.5. The fourth-order valence-electron chi connectivity index (χ4n) is 2.70. The molecule has 140 valence electrons. The number of nitriles is 1. The summed E-state index contributed by atoms with van der Waals surface area (Å²) in [6, 6.07) is 16.0. The second-order valence-corrected chi connectivity index (χ2v) is 6.36. The van der Waals surface area contributed by atoms with E-state index in [1.165, 1.54) is 18.2 Å². The number of rotatable bonds is 7. The maximum atomic E-state index is 12.0. The zero-order chi connectivity index (χ0) is 19.6. The van der Waals surface area contributed by atoms with Gasteiger partial charge < -0.3 is 15.7 Å². The Balaban J connectivity index is 1.90. The summed E-state index contributed by atoms with van der Waals surface area (Å²) in [6.07, 6.45) is 1.16. The van der Waals surface area contributed by atoms with E-state index in [9.17, 15) is 14.7 Å². The summed E-state index contributed by atoms with van der Waals surface area (Å²) in [4.78, 5) is 24.1. The molecule has 2 aromatic carbocycles. The molecule has 0 aliphatic carbocycles. The molecule has 6 nitrogen and oxygen atoms in total. The van der Waals surface area contributed by atoms with Gasteiger partial charge in [-0.05, 0) is 42.5 Å². The lowest BCUT2D eigenvalue weighted by Crippen LogP contribution is -2.36. The van der Waals surface area contributed by atoms with Crippen molar-refractivity contribution in [2.24, 2.45) is 0 Å². The van der Waals surface area contributed by atoms with Crippen molar-refractivity contribution in [1.82, 2.24) is 5.32 Å². The van der Waals surface area contributed by atoms with Gasteiger partial charge in [0.2, 0.25) is 0 Å². The number of nitrogens with one attached hydrogen (secondary N) is 2. The Labute approximate surface area is 162 Å². The quantitative estimate of drug-likeness (QED) is 0.637. The molecule has 2 aromatic rings.